The normalized spacial score (nSPS) is 17.0. The van der Waals surface area contributed by atoms with Crippen molar-refractivity contribution in [2.24, 2.45) is 4.99 Å². The van der Waals surface area contributed by atoms with Crippen molar-refractivity contribution in [2.45, 2.75) is 51.9 Å². The number of nitrogens with zero attached hydrogens (tertiary/aromatic N) is 3. The first kappa shape index (κ1) is 22.3. The molecule has 158 valence electrons. The molecule has 0 bridgehead atoms. The van der Waals surface area contributed by atoms with Crippen LogP contribution in [0.25, 0.3) is 0 Å². The van der Waals surface area contributed by atoms with Gasteiger partial charge in [0.1, 0.15) is 12.2 Å². The van der Waals surface area contributed by atoms with Gasteiger partial charge in [-0.2, -0.15) is 13.2 Å². The van der Waals surface area contributed by atoms with Crippen molar-refractivity contribution < 1.29 is 17.9 Å². The van der Waals surface area contributed by atoms with E-state index in [4.69, 9.17) is 4.74 Å². The summed E-state index contributed by atoms with van der Waals surface area (Å²) in [6, 6.07) is 3.08. The van der Waals surface area contributed by atoms with Gasteiger partial charge in [0, 0.05) is 37.9 Å². The molecule has 2 N–H and O–H groups in total. The Morgan fingerprint density at radius 2 is 2.07 bits per heavy atom. The van der Waals surface area contributed by atoms with Gasteiger partial charge in [-0.15, -0.1) is 0 Å². The summed E-state index contributed by atoms with van der Waals surface area (Å²) in [4.78, 5) is 10.5. The molecule has 0 aromatic carbocycles. The average molecular weight is 401 g/mol. The molecule has 9 heteroatoms. The first-order valence-corrected chi connectivity index (χ1v) is 9.75. The molecule has 1 saturated heterocycles. The Balaban J connectivity index is 1.85. The number of aromatic nitrogens is 1. The van der Waals surface area contributed by atoms with Gasteiger partial charge in [0.25, 0.3) is 0 Å². The van der Waals surface area contributed by atoms with Crippen molar-refractivity contribution in [3.8, 4) is 5.88 Å². The fraction of sp³-hybridized carbons (Fsp3) is 0.684. The molecule has 28 heavy (non-hydrogen) atoms. The minimum Gasteiger partial charge on any atom is -0.475 e. The first-order chi connectivity index (χ1) is 13.3. The standard InChI is InChI=1S/C19H30F3N5O/c1-4-23-18(26-15-7-11-27(12-8-15)14(2)3)25-10-13-28-17-16(19(20,21)22)6-5-9-24-17/h5-6,9,14-15H,4,7-8,10-13H2,1-3H3,(H2,23,25,26). The van der Waals surface area contributed by atoms with Gasteiger partial charge < -0.3 is 20.3 Å². The molecular weight excluding hydrogens is 371 g/mol. The molecule has 0 saturated carbocycles. The van der Waals surface area contributed by atoms with E-state index in [0.717, 1.165) is 32.0 Å². The maximum absolute atomic E-state index is 13.0. The number of nitrogens with one attached hydrogen (secondary N) is 2. The fourth-order valence-corrected chi connectivity index (χ4v) is 3.09. The van der Waals surface area contributed by atoms with Crippen LogP contribution in [-0.2, 0) is 6.18 Å². The van der Waals surface area contributed by atoms with E-state index >= 15 is 0 Å². The van der Waals surface area contributed by atoms with Crippen LogP contribution in [0.15, 0.2) is 23.3 Å². The Morgan fingerprint density at radius 1 is 1.36 bits per heavy atom. The van der Waals surface area contributed by atoms with Gasteiger partial charge in [0.15, 0.2) is 5.96 Å². The summed E-state index contributed by atoms with van der Waals surface area (Å²) in [6.45, 7) is 9.40. The van der Waals surface area contributed by atoms with Gasteiger partial charge in [0.05, 0.1) is 6.54 Å². The molecule has 1 fully saturated rings. The third-order valence-corrected chi connectivity index (χ3v) is 4.62. The zero-order chi connectivity index (χ0) is 20.6. The maximum Gasteiger partial charge on any atom is 0.421 e. The van der Waals surface area contributed by atoms with Gasteiger partial charge in [-0.1, -0.05) is 0 Å². The topological polar surface area (TPSA) is 61.8 Å². The van der Waals surface area contributed by atoms with Crippen molar-refractivity contribution in [3.05, 3.63) is 23.9 Å². The summed E-state index contributed by atoms with van der Waals surface area (Å²) in [7, 11) is 0. The highest BCUT2D eigenvalue weighted by Gasteiger charge is 2.35. The monoisotopic (exact) mass is 401 g/mol. The van der Waals surface area contributed by atoms with Gasteiger partial charge >= 0.3 is 6.18 Å². The number of aliphatic imine (C=N–C) groups is 1. The third-order valence-electron chi connectivity index (χ3n) is 4.62. The van der Waals surface area contributed by atoms with Gasteiger partial charge in [-0.3, -0.25) is 0 Å². The third kappa shape index (κ3) is 6.85. The molecular formula is C19H30F3N5O. The Morgan fingerprint density at radius 3 is 2.68 bits per heavy atom. The molecule has 1 aromatic rings. The summed E-state index contributed by atoms with van der Waals surface area (Å²) >= 11 is 0. The second-order valence-corrected chi connectivity index (χ2v) is 7.01. The van der Waals surface area contributed by atoms with Crippen LogP contribution in [-0.4, -0.2) is 60.7 Å². The van der Waals surface area contributed by atoms with E-state index in [1.54, 1.807) is 0 Å². The molecule has 2 rings (SSSR count). The average Bonchev–Trinajstić information content (AvgIpc) is 2.65. The van der Waals surface area contributed by atoms with E-state index in [2.05, 4.69) is 39.4 Å². The van der Waals surface area contributed by atoms with E-state index in [9.17, 15) is 13.2 Å². The van der Waals surface area contributed by atoms with Gasteiger partial charge in [-0.25, -0.2) is 9.98 Å². The number of guanidine groups is 1. The Bertz CT molecular complexity index is 628. The van der Waals surface area contributed by atoms with Crippen LogP contribution in [0.1, 0.15) is 39.2 Å². The SMILES string of the molecule is CCNC(=NCCOc1ncccc1C(F)(F)F)NC1CCN(C(C)C)CC1. The number of hydrogen-bond donors (Lipinski definition) is 2. The van der Waals surface area contributed by atoms with Gasteiger partial charge in [0.2, 0.25) is 5.88 Å². The number of piperidine rings is 1. The number of likely N-dealkylation sites (tertiary alicyclic amines) is 1. The minimum atomic E-state index is -4.49. The lowest BCUT2D eigenvalue weighted by Crippen LogP contribution is -2.50. The predicted molar refractivity (Wildman–Crippen MR) is 104 cm³/mol. The summed E-state index contributed by atoms with van der Waals surface area (Å²) in [6.07, 6.45) is -1.15. The Labute approximate surface area is 164 Å². The van der Waals surface area contributed by atoms with Crippen molar-refractivity contribution in [1.82, 2.24) is 20.5 Å². The summed E-state index contributed by atoms with van der Waals surface area (Å²) < 4.78 is 44.1. The molecule has 1 aromatic heterocycles. The molecule has 0 atom stereocenters. The number of alkyl halides is 3. The molecule has 0 radical (unpaired) electrons. The lowest BCUT2D eigenvalue weighted by Gasteiger charge is -2.35. The van der Waals surface area contributed by atoms with E-state index in [-0.39, 0.29) is 13.2 Å². The Hall–Kier alpha value is -2.03. The van der Waals surface area contributed by atoms with Crippen LogP contribution in [0.4, 0.5) is 13.2 Å². The van der Waals surface area contributed by atoms with Gasteiger partial charge in [-0.05, 0) is 45.7 Å². The van der Waals surface area contributed by atoms with Crippen LogP contribution < -0.4 is 15.4 Å². The smallest absolute Gasteiger partial charge is 0.421 e. The summed E-state index contributed by atoms with van der Waals surface area (Å²) in [5.74, 6) is 0.246. The van der Waals surface area contributed by atoms with E-state index in [1.165, 1.54) is 12.3 Å². The molecule has 1 aliphatic heterocycles. The summed E-state index contributed by atoms with van der Waals surface area (Å²) in [5, 5.41) is 6.58. The lowest BCUT2D eigenvalue weighted by molar-refractivity contribution is -0.139. The second kappa shape index (κ2) is 10.5. The predicted octanol–water partition coefficient (Wildman–Crippen LogP) is 2.91. The minimum absolute atomic E-state index is 0.0163. The number of ether oxygens (including phenoxy) is 1. The summed E-state index contributed by atoms with van der Waals surface area (Å²) in [5.41, 5.74) is -0.874. The maximum atomic E-state index is 13.0. The molecule has 6 nitrogen and oxygen atoms in total. The molecule has 1 aliphatic rings. The highest BCUT2D eigenvalue weighted by Crippen LogP contribution is 2.34. The van der Waals surface area contributed by atoms with Crippen LogP contribution in [0.3, 0.4) is 0 Å². The van der Waals surface area contributed by atoms with Crippen molar-refractivity contribution in [1.29, 1.82) is 0 Å². The second-order valence-electron chi connectivity index (χ2n) is 7.01. The van der Waals surface area contributed by atoms with Crippen molar-refractivity contribution >= 4 is 5.96 Å². The molecule has 0 amide bonds. The van der Waals surface area contributed by atoms with Crippen molar-refractivity contribution in [2.75, 3.05) is 32.8 Å². The molecule has 0 spiro atoms. The van der Waals surface area contributed by atoms with Crippen LogP contribution in [0.2, 0.25) is 0 Å². The van der Waals surface area contributed by atoms with E-state index < -0.39 is 17.6 Å². The van der Waals surface area contributed by atoms with Crippen LogP contribution in [0.5, 0.6) is 5.88 Å². The molecule has 0 unspecified atom stereocenters. The van der Waals surface area contributed by atoms with E-state index in [0.29, 0.717) is 24.6 Å². The quantitative estimate of drug-likeness (QED) is 0.418. The molecule has 2 heterocycles. The fourth-order valence-electron chi connectivity index (χ4n) is 3.09. The lowest BCUT2D eigenvalue weighted by atomic mass is 10.0. The zero-order valence-corrected chi connectivity index (χ0v) is 16.7. The van der Waals surface area contributed by atoms with Crippen LogP contribution >= 0.6 is 0 Å². The number of halogens is 3. The largest absolute Gasteiger partial charge is 0.475 e. The number of pyridine rings is 1. The molecule has 0 aliphatic carbocycles. The van der Waals surface area contributed by atoms with Crippen LogP contribution in [0, 0.1) is 0 Å². The highest BCUT2D eigenvalue weighted by molar-refractivity contribution is 5.80. The first-order valence-electron chi connectivity index (χ1n) is 9.75. The number of hydrogen-bond acceptors (Lipinski definition) is 4. The Kier molecular flexibility index (Phi) is 8.35. The zero-order valence-electron chi connectivity index (χ0n) is 16.7. The number of rotatable bonds is 7. The van der Waals surface area contributed by atoms with E-state index in [1.807, 2.05) is 6.92 Å². The highest BCUT2D eigenvalue weighted by atomic mass is 19.4. The van der Waals surface area contributed by atoms with Crippen molar-refractivity contribution in [3.63, 3.8) is 0 Å².